The molecule has 6 nitrogen and oxygen atoms in total. The van der Waals surface area contributed by atoms with Gasteiger partial charge in [-0.25, -0.2) is 0 Å². The van der Waals surface area contributed by atoms with Gasteiger partial charge in [0.2, 0.25) is 0 Å². The highest BCUT2D eigenvalue weighted by Gasteiger charge is 2.43. The van der Waals surface area contributed by atoms with Crippen LogP contribution in [-0.4, -0.2) is 104 Å². The number of rotatable bonds is 18. The standard InChI is InChI=1S/C21H49N3O3Si/c1-10-22(11-2)18-21(19-23(12-3)13-4,20-24(14-5)15-6)16-17-28(25-7,26-8)27-9/h10-20H2,1-9H3. The van der Waals surface area contributed by atoms with E-state index < -0.39 is 8.80 Å². The maximum atomic E-state index is 5.76. The van der Waals surface area contributed by atoms with Gasteiger partial charge in [-0.15, -0.1) is 0 Å². The zero-order valence-electron chi connectivity index (χ0n) is 20.3. The van der Waals surface area contributed by atoms with Crippen molar-refractivity contribution in [2.45, 2.75) is 54.0 Å². The molecule has 0 amide bonds. The van der Waals surface area contributed by atoms with E-state index in [1.165, 1.54) is 0 Å². The van der Waals surface area contributed by atoms with Crippen molar-refractivity contribution in [3.63, 3.8) is 0 Å². The quantitative estimate of drug-likeness (QED) is 0.317. The number of hydrogen-bond donors (Lipinski definition) is 0. The molecule has 7 heteroatoms. The van der Waals surface area contributed by atoms with E-state index in [4.69, 9.17) is 13.3 Å². The first kappa shape index (κ1) is 28.0. The minimum atomic E-state index is -2.60. The molecule has 0 saturated heterocycles. The molecule has 0 aromatic rings. The van der Waals surface area contributed by atoms with Crippen LogP contribution in [0.15, 0.2) is 0 Å². The Hall–Kier alpha value is -0.0231. The Balaban J connectivity index is 5.88. The molecule has 0 N–H and O–H groups in total. The Labute approximate surface area is 176 Å². The van der Waals surface area contributed by atoms with E-state index in [0.717, 1.165) is 71.4 Å². The molecule has 0 saturated carbocycles. The van der Waals surface area contributed by atoms with E-state index in [1.54, 1.807) is 21.3 Å². The summed E-state index contributed by atoms with van der Waals surface area (Å²) in [6, 6.07) is 0.848. The van der Waals surface area contributed by atoms with Crippen LogP contribution in [0.25, 0.3) is 0 Å². The monoisotopic (exact) mass is 419 g/mol. The van der Waals surface area contributed by atoms with Gasteiger partial charge >= 0.3 is 8.80 Å². The second kappa shape index (κ2) is 14.9. The van der Waals surface area contributed by atoms with Crippen LogP contribution in [0.1, 0.15) is 48.0 Å². The van der Waals surface area contributed by atoms with Crippen molar-refractivity contribution in [3.8, 4) is 0 Å². The molecule has 0 aromatic carbocycles. The lowest BCUT2D eigenvalue weighted by atomic mass is 9.82. The highest BCUT2D eigenvalue weighted by atomic mass is 28.4. The van der Waals surface area contributed by atoms with Crippen LogP contribution in [-0.2, 0) is 13.3 Å². The Morgan fingerprint density at radius 1 is 0.571 bits per heavy atom. The first-order valence-corrected chi connectivity index (χ1v) is 13.1. The molecule has 0 spiro atoms. The average Bonchev–Trinajstić information content (AvgIpc) is 2.75. The molecule has 0 aromatic heterocycles. The molecule has 0 aliphatic rings. The summed E-state index contributed by atoms with van der Waals surface area (Å²) < 4.78 is 17.3. The lowest BCUT2D eigenvalue weighted by molar-refractivity contribution is 0.0507. The summed E-state index contributed by atoms with van der Waals surface area (Å²) in [4.78, 5) is 7.72. The summed E-state index contributed by atoms with van der Waals surface area (Å²) in [5.41, 5.74) is 0.151. The molecule has 0 atom stereocenters. The molecule has 0 radical (unpaired) electrons. The SMILES string of the molecule is CCN(CC)CC(CC[Si](OC)(OC)OC)(CN(CC)CC)CN(CC)CC. The summed E-state index contributed by atoms with van der Waals surface area (Å²) in [5, 5.41) is 0. The van der Waals surface area contributed by atoms with Crippen molar-refractivity contribution >= 4 is 8.80 Å². The first-order chi connectivity index (χ1) is 13.4. The Morgan fingerprint density at radius 2 is 0.857 bits per heavy atom. The fourth-order valence-electron chi connectivity index (χ4n) is 4.13. The lowest BCUT2D eigenvalue weighted by Crippen LogP contribution is -2.53. The van der Waals surface area contributed by atoms with Crippen molar-refractivity contribution in [1.29, 1.82) is 0 Å². The lowest BCUT2D eigenvalue weighted by Gasteiger charge is -2.44. The molecule has 28 heavy (non-hydrogen) atoms. The summed E-state index contributed by atoms with van der Waals surface area (Å²) >= 11 is 0. The van der Waals surface area contributed by atoms with Crippen LogP contribution >= 0.6 is 0 Å². The Morgan fingerprint density at radius 3 is 1.07 bits per heavy atom. The summed E-state index contributed by atoms with van der Waals surface area (Å²) in [6.45, 7) is 23.3. The maximum Gasteiger partial charge on any atom is 0.500 e. The van der Waals surface area contributed by atoms with Crippen LogP contribution in [0.5, 0.6) is 0 Å². The van der Waals surface area contributed by atoms with Crippen molar-refractivity contribution in [1.82, 2.24) is 14.7 Å². The van der Waals surface area contributed by atoms with Gasteiger partial charge in [0, 0.05) is 52.4 Å². The number of nitrogens with zero attached hydrogens (tertiary/aromatic N) is 3. The average molecular weight is 420 g/mol. The molecular weight excluding hydrogens is 370 g/mol. The third-order valence-corrected chi connectivity index (χ3v) is 8.98. The second-order valence-electron chi connectivity index (χ2n) is 7.68. The summed E-state index contributed by atoms with van der Waals surface area (Å²) in [5.74, 6) is 0. The topological polar surface area (TPSA) is 37.4 Å². The van der Waals surface area contributed by atoms with E-state index in [9.17, 15) is 0 Å². The zero-order chi connectivity index (χ0) is 21.6. The van der Waals surface area contributed by atoms with Crippen molar-refractivity contribution in [2.75, 3.05) is 80.2 Å². The number of hydrogen-bond acceptors (Lipinski definition) is 6. The fraction of sp³-hybridized carbons (Fsp3) is 1.00. The summed E-state index contributed by atoms with van der Waals surface area (Å²) in [7, 11) is 2.57. The van der Waals surface area contributed by atoms with E-state index in [0.29, 0.717) is 0 Å². The smallest absolute Gasteiger partial charge is 0.377 e. The van der Waals surface area contributed by atoms with Gasteiger partial charge in [-0.2, -0.15) is 0 Å². The Kier molecular flexibility index (Phi) is 14.9. The summed E-state index contributed by atoms with van der Waals surface area (Å²) in [6.07, 6.45) is 1.04. The van der Waals surface area contributed by atoms with E-state index in [-0.39, 0.29) is 5.41 Å². The predicted molar refractivity (Wildman–Crippen MR) is 122 cm³/mol. The zero-order valence-corrected chi connectivity index (χ0v) is 21.3. The first-order valence-electron chi connectivity index (χ1n) is 11.2. The van der Waals surface area contributed by atoms with E-state index >= 15 is 0 Å². The third-order valence-electron chi connectivity index (χ3n) is 6.25. The molecule has 0 unspecified atom stereocenters. The molecule has 0 heterocycles. The molecule has 170 valence electrons. The van der Waals surface area contributed by atoms with Crippen molar-refractivity contribution in [2.24, 2.45) is 5.41 Å². The second-order valence-corrected chi connectivity index (χ2v) is 10.8. The van der Waals surface area contributed by atoms with Gasteiger partial charge in [0.1, 0.15) is 0 Å². The highest BCUT2D eigenvalue weighted by Crippen LogP contribution is 2.32. The van der Waals surface area contributed by atoms with E-state index in [1.807, 2.05) is 0 Å². The van der Waals surface area contributed by atoms with Crippen molar-refractivity contribution in [3.05, 3.63) is 0 Å². The Bertz CT molecular complexity index is 328. The molecule has 0 rings (SSSR count). The third kappa shape index (κ3) is 8.77. The largest absolute Gasteiger partial charge is 0.500 e. The minimum absolute atomic E-state index is 0.151. The van der Waals surface area contributed by atoms with E-state index in [2.05, 4.69) is 56.2 Å². The van der Waals surface area contributed by atoms with Crippen LogP contribution in [0.2, 0.25) is 6.04 Å². The van der Waals surface area contributed by atoms with Crippen LogP contribution in [0.4, 0.5) is 0 Å². The van der Waals surface area contributed by atoms with Gasteiger partial charge in [-0.05, 0) is 45.7 Å². The molecular formula is C21H49N3O3Si. The van der Waals surface area contributed by atoms with Gasteiger partial charge in [0.05, 0.1) is 0 Å². The van der Waals surface area contributed by atoms with Gasteiger partial charge < -0.3 is 28.0 Å². The minimum Gasteiger partial charge on any atom is -0.377 e. The van der Waals surface area contributed by atoms with Gasteiger partial charge in [-0.3, -0.25) is 0 Å². The molecule has 0 aliphatic heterocycles. The van der Waals surface area contributed by atoms with Crippen molar-refractivity contribution < 1.29 is 13.3 Å². The molecule has 0 aliphatic carbocycles. The van der Waals surface area contributed by atoms with Crippen LogP contribution in [0, 0.1) is 5.41 Å². The van der Waals surface area contributed by atoms with Crippen LogP contribution < -0.4 is 0 Å². The van der Waals surface area contributed by atoms with Gasteiger partial charge in [0.15, 0.2) is 0 Å². The van der Waals surface area contributed by atoms with Crippen LogP contribution in [0.3, 0.4) is 0 Å². The van der Waals surface area contributed by atoms with Gasteiger partial charge in [0.25, 0.3) is 0 Å². The van der Waals surface area contributed by atoms with Gasteiger partial charge in [-0.1, -0.05) is 41.5 Å². The normalized spacial score (nSPS) is 13.3. The highest BCUT2D eigenvalue weighted by molar-refractivity contribution is 6.60. The fourth-order valence-corrected chi connectivity index (χ4v) is 6.08. The molecule has 0 bridgehead atoms. The predicted octanol–water partition coefficient (Wildman–Crippen LogP) is 3.27. The molecule has 0 fully saturated rings. The maximum absolute atomic E-state index is 5.76.